The largest absolute Gasteiger partial charge is 0.377 e. The van der Waals surface area contributed by atoms with Crippen molar-refractivity contribution in [3.63, 3.8) is 0 Å². The van der Waals surface area contributed by atoms with Gasteiger partial charge in [-0.05, 0) is 26.7 Å². The Morgan fingerprint density at radius 3 is 2.72 bits per heavy atom. The Hall–Kier alpha value is -1.36. The van der Waals surface area contributed by atoms with E-state index >= 15 is 0 Å². The summed E-state index contributed by atoms with van der Waals surface area (Å²) in [6.45, 7) is 6.53. The van der Waals surface area contributed by atoms with Gasteiger partial charge < -0.3 is 15.0 Å². The Kier molecular flexibility index (Phi) is 4.36. The molecule has 1 heterocycles. The quantitative estimate of drug-likeness (QED) is 0.802. The SMILES string of the molecule is CCNc1cc(N(CC)C2CC2)nc(COC)n1. The van der Waals surface area contributed by atoms with Crippen LogP contribution in [0.5, 0.6) is 0 Å². The lowest BCUT2D eigenvalue weighted by atomic mass is 10.4. The van der Waals surface area contributed by atoms with E-state index in [1.165, 1.54) is 12.8 Å². The number of ether oxygens (including phenoxy) is 1. The summed E-state index contributed by atoms with van der Waals surface area (Å²) in [5.41, 5.74) is 0. The Morgan fingerprint density at radius 2 is 2.17 bits per heavy atom. The third-order valence-corrected chi connectivity index (χ3v) is 3.01. The molecule has 1 saturated carbocycles. The zero-order valence-electron chi connectivity index (χ0n) is 11.4. The van der Waals surface area contributed by atoms with Crippen LogP contribution in [0.3, 0.4) is 0 Å². The van der Waals surface area contributed by atoms with Crippen LogP contribution in [0.1, 0.15) is 32.5 Å². The van der Waals surface area contributed by atoms with Gasteiger partial charge >= 0.3 is 0 Å². The van der Waals surface area contributed by atoms with Gasteiger partial charge in [0.15, 0.2) is 5.82 Å². The molecule has 0 amide bonds. The molecule has 1 aliphatic carbocycles. The highest BCUT2D eigenvalue weighted by Crippen LogP contribution is 2.31. The topological polar surface area (TPSA) is 50.3 Å². The minimum atomic E-state index is 0.453. The average molecular weight is 250 g/mol. The van der Waals surface area contributed by atoms with Crippen molar-refractivity contribution in [3.05, 3.63) is 11.9 Å². The predicted molar refractivity (Wildman–Crippen MR) is 73.0 cm³/mol. The summed E-state index contributed by atoms with van der Waals surface area (Å²) in [4.78, 5) is 11.4. The second kappa shape index (κ2) is 6.00. The highest BCUT2D eigenvalue weighted by atomic mass is 16.5. The van der Waals surface area contributed by atoms with Crippen LogP contribution in [0.2, 0.25) is 0 Å². The van der Waals surface area contributed by atoms with Crippen LogP contribution >= 0.6 is 0 Å². The lowest BCUT2D eigenvalue weighted by Gasteiger charge is -2.22. The van der Waals surface area contributed by atoms with Gasteiger partial charge in [0, 0.05) is 32.3 Å². The van der Waals surface area contributed by atoms with E-state index in [4.69, 9.17) is 4.74 Å². The van der Waals surface area contributed by atoms with Crippen LogP contribution in [0, 0.1) is 0 Å². The molecular formula is C13H22N4O. The van der Waals surface area contributed by atoms with E-state index in [-0.39, 0.29) is 0 Å². The maximum Gasteiger partial charge on any atom is 0.158 e. The van der Waals surface area contributed by atoms with Crippen molar-refractivity contribution in [1.82, 2.24) is 9.97 Å². The van der Waals surface area contributed by atoms with Crippen molar-refractivity contribution in [2.75, 3.05) is 30.4 Å². The van der Waals surface area contributed by atoms with Gasteiger partial charge in [0.2, 0.25) is 0 Å². The third kappa shape index (κ3) is 3.10. The Balaban J connectivity index is 2.25. The molecule has 0 unspecified atom stereocenters. The summed E-state index contributed by atoms with van der Waals surface area (Å²) in [7, 11) is 1.67. The van der Waals surface area contributed by atoms with Crippen LogP contribution in [0.4, 0.5) is 11.6 Å². The molecule has 5 heteroatoms. The van der Waals surface area contributed by atoms with Gasteiger partial charge in [-0.2, -0.15) is 0 Å². The molecule has 5 nitrogen and oxygen atoms in total. The van der Waals surface area contributed by atoms with Gasteiger partial charge in [0.05, 0.1) is 0 Å². The van der Waals surface area contributed by atoms with Gasteiger partial charge in [0.25, 0.3) is 0 Å². The molecule has 1 N–H and O–H groups in total. The summed E-state index contributed by atoms with van der Waals surface area (Å²) >= 11 is 0. The molecule has 1 aliphatic rings. The summed E-state index contributed by atoms with van der Waals surface area (Å²) < 4.78 is 5.13. The maximum atomic E-state index is 5.13. The van der Waals surface area contributed by atoms with Crippen LogP contribution in [-0.2, 0) is 11.3 Å². The van der Waals surface area contributed by atoms with E-state index < -0.39 is 0 Å². The summed E-state index contributed by atoms with van der Waals surface area (Å²) in [5.74, 6) is 2.64. The first-order chi connectivity index (χ1) is 8.78. The van der Waals surface area contributed by atoms with E-state index in [2.05, 4.69) is 34.0 Å². The zero-order chi connectivity index (χ0) is 13.0. The molecule has 1 fully saturated rings. The lowest BCUT2D eigenvalue weighted by molar-refractivity contribution is 0.178. The number of nitrogens with zero attached hydrogens (tertiary/aromatic N) is 3. The highest BCUT2D eigenvalue weighted by Gasteiger charge is 2.29. The normalized spacial score (nSPS) is 14.6. The zero-order valence-corrected chi connectivity index (χ0v) is 11.4. The maximum absolute atomic E-state index is 5.13. The molecule has 0 bridgehead atoms. The fourth-order valence-electron chi connectivity index (χ4n) is 2.09. The minimum absolute atomic E-state index is 0.453. The molecule has 0 aliphatic heterocycles. The van der Waals surface area contributed by atoms with Gasteiger partial charge in [-0.25, -0.2) is 9.97 Å². The van der Waals surface area contributed by atoms with E-state index in [1.54, 1.807) is 7.11 Å². The molecule has 1 aromatic heterocycles. The molecule has 1 aromatic rings. The fourth-order valence-corrected chi connectivity index (χ4v) is 2.09. The Labute approximate surface area is 109 Å². The van der Waals surface area contributed by atoms with Crippen LogP contribution in [0.25, 0.3) is 0 Å². The molecule has 0 saturated heterocycles. The molecule has 0 radical (unpaired) electrons. The number of rotatable bonds is 7. The van der Waals surface area contributed by atoms with Crippen LogP contribution in [-0.4, -0.2) is 36.2 Å². The summed E-state index contributed by atoms with van der Waals surface area (Å²) in [6.07, 6.45) is 2.54. The lowest BCUT2D eigenvalue weighted by Crippen LogP contribution is -2.26. The standard InChI is InChI=1S/C13H22N4O/c1-4-14-11-8-13(16-12(15-11)9-18-3)17(5-2)10-6-7-10/h8,10H,4-7,9H2,1-3H3,(H,14,15,16). The molecule has 2 rings (SSSR count). The predicted octanol–water partition coefficient (Wildman–Crippen LogP) is 2.04. The number of anilines is 2. The van der Waals surface area contributed by atoms with E-state index in [9.17, 15) is 0 Å². The van der Waals surface area contributed by atoms with Crippen molar-refractivity contribution in [3.8, 4) is 0 Å². The number of hydrogen-bond acceptors (Lipinski definition) is 5. The molecule has 18 heavy (non-hydrogen) atoms. The molecule has 0 spiro atoms. The second-order valence-corrected chi connectivity index (χ2v) is 4.51. The average Bonchev–Trinajstić information content (AvgIpc) is 3.15. The minimum Gasteiger partial charge on any atom is -0.377 e. The van der Waals surface area contributed by atoms with E-state index in [0.717, 1.165) is 30.5 Å². The first-order valence-corrected chi connectivity index (χ1v) is 6.65. The number of aromatic nitrogens is 2. The second-order valence-electron chi connectivity index (χ2n) is 4.51. The Morgan fingerprint density at radius 1 is 1.39 bits per heavy atom. The molecule has 0 aromatic carbocycles. The number of nitrogens with one attached hydrogen (secondary N) is 1. The molecule has 100 valence electrons. The molecule has 0 atom stereocenters. The Bertz CT molecular complexity index is 368. The number of methoxy groups -OCH3 is 1. The molecular weight excluding hydrogens is 228 g/mol. The third-order valence-electron chi connectivity index (χ3n) is 3.01. The van der Waals surface area contributed by atoms with Gasteiger partial charge in [-0.1, -0.05) is 0 Å². The van der Waals surface area contributed by atoms with Crippen molar-refractivity contribution in [2.24, 2.45) is 0 Å². The van der Waals surface area contributed by atoms with E-state index in [0.29, 0.717) is 12.6 Å². The van der Waals surface area contributed by atoms with Crippen molar-refractivity contribution >= 4 is 11.6 Å². The van der Waals surface area contributed by atoms with Gasteiger partial charge in [-0.15, -0.1) is 0 Å². The van der Waals surface area contributed by atoms with Crippen molar-refractivity contribution < 1.29 is 4.74 Å². The van der Waals surface area contributed by atoms with Gasteiger partial charge in [0.1, 0.15) is 18.2 Å². The smallest absolute Gasteiger partial charge is 0.158 e. The summed E-state index contributed by atoms with van der Waals surface area (Å²) in [5, 5.41) is 3.25. The van der Waals surface area contributed by atoms with E-state index in [1.807, 2.05) is 6.07 Å². The first kappa shape index (κ1) is 13.1. The van der Waals surface area contributed by atoms with Crippen LogP contribution < -0.4 is 10.2 Å². The van der Waals surface area contributed by atoms with Crippen molar-refractivity contribution in [1.29, 1.82) is 0 Å². The fraction of sp³-hybridized carbons (Fsp3) is 0.692. The van der Waals surface area contributed by atoms with Gasteiger partial charge in [-0.3, -0.25) is 0 Å². The van der Waals surface area contributed by atoms with Crippen molar-refractivity contribution in [2.45, 2.75) is 39.3 Å². The number of hydrogen-bond donors (Lipinski definition) is 1. The monoisotopic (exact) mass is 250 g/mol. The first-order valence-electron chi connectivity index (χ1n) is 6.65. The highest BCUT2D eigenvalue weighted by molar-refractivity contribution is 5.50. The summed E-state index contributed by atoms with van der Waals surface area (Å²) in [6, 6.07) is 2.69. The van der Waals surface area contributed by atoms with Crippen LogP contribution in [0.15, 0.2) is 6.07 Å².